The van der Waals surface area contributed by atoms with Gasteiger partial charge in [0.2, 0.25) is 0 Å². The summed E-state index contributed by atoms with van der Waals surface area (Å²) in [6.45, 7) is 9.18. The van der Waals surface area contributed by atoms with E-state index < -0.39 is 11.7 Å². The van der Waals surface area contributed by atoms with Crippen molar-refractivity contribution >= 4 is 6.09 Å². The quantitative estimate of drug-likeness (QED) is 0.501. The van der Waals surface area contributed by atoms with Crippen molar-refractivity contribution in [3.63, 3.8) is 0 Å². The Morgan fingerprint density at radius 2 is 2.08 bits per heavy atom. The van der Waals surface area contributed by atoms with Crippen LogP contribution in [0.2, 0.25) is 0 Å². The Kier molecular flexibility index (Phi) is 4.48. The second-order valence-electron chi connectivity index (χ2n) is 3.57. The van der Waals surface area contributed by atoms with Gasteiger partial charge in [0.15, 0.2) is 0 Å². The number of hydrogen-bond acceptors (Lipinski definition) is 3. The highest BCUT2D eigenvalue weighted by Crippen LogP contribution is 2.09. The van der Waals surface area contributed by atoms with E-state index in [0.717, 1.165) is 5.06 Å². The van der Waals surface area contributed by atoms with E-state index in [1.807, 2.05) is 20.8 Å². The minimum absolute atomic E-state index is 0.191. The number of carbonyl (C=O) groups excluding carboxylic acids is 1. The monoisotopic (exact) mass is 187 g/mol. The number of ether oxygens (including phenoxy) is 1. The summed E-state index contributed by atoms with van der Waals surface area (Å²) < 4.78 is 4.74. The summed E-state index contributed by atoms with van der Waals surface area (Å²) >= 11 is 0. The summed E-state index contributed by atoms with van der Waals surface area (Å²) in [7, 11) is 1.51. The summed E-state index contributed by atoms with van der Waals surface area (Å²) in [6, 6.07) is 0. The van der Waals surface area contributed by atoms with Crippen LogP contribution < -0.4 is 0 Å². The van der Waals surface area contributed by atoms with Crippen LogP contribution in [0.25, 0.3) is 0 Å². The maximum atomic E-state index is 11.1. The number of rotatable bonds is 3. The van der Waals surface area contributed by atoms with Crippen molar-refractivity contribution in [1.82, 2.24) is 5.06 Å². The van der Waals surface area contributed by atoms with Gasteiger partial charge in [-0.2, -0.15) is 5.06 Å². The number of amides is 1. The average molecular weight is 187 g/mol. The number of hydroxylamine groups is 2. The molecule has 0 aromatic carbocycles. The third-order valence-corrected chi connectivity index (χ3v) is 0.993. The second-order valence-corrected chi connectivity index (χ2v) is 3.57. The van der Waals surface area contributed by atoms with Crippen molar-refractivity contribution in [2.75, 3.05) is 13.7 Å². The zero-order valence-electron chi connectivity index (χ0n) is 8.66. The number of nitrogens with zero attached hydrogens (tertiary/aromatic N) is 1. The molecule has 0 bridgehead atoms. The topological polar surface area (TPSA) is 38.8 Å². The summed E-state index contributed by atoms with van der Waals surface area (Å²) in [5, 5.41) is 1.07. The maximum Gasteiger partial charge on any atom is 0.433 e. The van der Waals surface area contributed by atoms with E-state index in [0.29, 0.717) is 0 Å². The van der Waals surface area contributed by atoms with Crippen molar-refractivity contribution in [3.05, 3.63) is 12.7 Å². The molecule has 13 heavy (non-hydrogen) atoms. The molecule has 0 aliphatic rings. The predicted octanol–water partition coefficient (Wildman–Crippen LogP) is 1.97. The van der Waals surface area contributed by atoms with Gasteiger partial charge in [-0.1, -0.05) is 12.7 Å². The minimum Gasteiger partial charge on any atom is -0.444 e. The fourth-order valence-electron chi connectivity index (χ4n) is 0.669. The molecule has 0 aliphatic carbocycles. The van der Waals surface area contributed by atoms with Gasteiger partial charge in [0.05, 0.1) is 5.60 Å². The van der Waals surface area contributed by atoms with Crippen molar-refractivity contribution in [3.8, 4) is 0 Å². The van der Waals surface area contributed by atoms with E-state index in [4.69, 9.17) is 9.57 Å². The van der Waals surface area contributed by atoms with E-state index in [-0.39, 0.29) is 6.61 Å². The first-order valence-corrected chi connectivity index (χ1v) is 4.07. The van der Waals surface area contributed by atoms with E-state index in [2.05, 4.69) is 6.58 Å². The maximum absolute atomic E-state index is 11.1. The van der Waals surface area contributed by atoms with Gasteiger partial charge in [-0.05, 0) is 20.8 Å². The van der Waals surface area contributed by atoms with E-state index in [9.17, 15) is 4.79 Å². The lowest BCUT2D eigenvalue weighted by molar-refractivity contribution is -0.191. The molecule has 0 unspecified atom stereocenters. The fourth-order valence-corrected chi connectivity index (χ4v) is 0.669. The highest BCUT2D eigenvalue weighted by molar-refractivity contribution is 5.65. The Hall–Kier alpha value is -1.03. The van der Waals surface area contributed by atoms with Crippen molar-refractivity contribution in [2.45, 2.75) is 26.4 Å². The van der Waals surface area contributed by atoms with Gasteiger partial charge in [0.25, 0.3) is 0 Å². The molecule has 0 radical (unpaired) electrons. The zero-order valence-corrected chi connectivity index (χ0v) is 8.66. The molecule has 0 saturated carbocycles. The summed E-state index contributed by atoms with van der Waals surface area (Å²) in [5.74, 6) is 0. The summed E-state index contributed by atoms with van der Waals surface area (Å²) in [5.41, 5.74) is -0.401. The first-order valence-electron chi connectivity index (χ1n) is 4.07. The van der Waals surface area contributed by atoms with Crippen LogP contribution in [0.3, 0.4) is 0 Å². The molecule has 0 spiro atoms. The van der Waals surface area contributed by atoms with Crippen LogP contribution in [-0.2, 0) is 9.57 Å². The molecule has 0 N–H and O–H groups in total. The second kappa shape index (κ2) is 4.87. The van der Waals surface area contributed by atoms with Gasteiger partial charge in [-0.25, -0.2) is 4.79 Å². The van der Waals surface area contributed by atoms with Crippen LogP contribution in [0, 0.1) is 0 Å². The van der Waals surface area contributed by atoms with Crippen LogP contribution in [-0.4, -0.2) is 30.4 Å². The Morgan fingerprint density at radius 3 is 2.46 bits per heavy atom. The first-order chi connectivity index (χ1) is 5.87. The lowest BCUT2D eigenvalue weighted by Gasteiger charge is -2.25. The predicted molar refractivity (Wildman–Crippen MR) is 50.1 cm³/mol. The Labute approximate surface area is 79.1 Å². The molecular formula is C9H17NO3. The highest BCUT2D eigenvalue weighted by atomic mass is 16.7. The molecule has 0 atom stereocenters. The molecule has 76 valence electrons. The molecule has 0 rings (SSSR count). The van der Waals surface area contributed by atoms with Crippen LogP contribution in [0.5, 0.6) is 0 Å². The largest absolute Gasteiger partial charge is 0.444 e. The van der Waals surface area contributed by atoms with Crippen LogP contribution in [0.1, 0.15) is 20.8 Å². The Morgan fingerprint density at radius 1 is 1.54 bits per heavy atom. The molecule has 0 aromatic rings. The standard InChI is InChI=1S/C9H17NO3/c1-6-7-12-8(11)10(5)13-9(2,3)4/h6H,1,7H2,2-5H3. The van der Waals surface area contributed by atoms with Crippen LogP contribution in [0.4, 0.5) is 4.79 Å². The van der Waals surface area contributed by atoms with E-state index >= 15 is 0 Å². The summed E-state index contributed by atoms with van der Waals surface area (Å²) in [4.78, 5) is 16.3. The van der Waals surface area contributed by atoms with Crippen molar-refractivity contribution < 1.29 is 14.4 Å². The minimum atomic E-state index is -0.519. The molecule has 0 aromatic heterocycles. The van der Waals surface area contributed by atoms with Gasteiger partial charge >= 0.3 is 6.09 Å². The third kappa shape index (κ3) is 6.16. The van der Waals surface area contributed by atoms with Gasteiger partial charge in [0.1, 0.15) is 6.61 Å². The normalized spacial score (nSPS) is 10.8. The van der Waals surface area contributed by atoms with Crippen LogP contribution in [0.15, 0.2) is 12.7 Å². The Balaban J connectivity index is 3.89. The SMILES string of the molecule is C=CCOC(=O)N(C)OC(C)(C)C. The van der Waals surface area contributed by atoms with E-state index in [1.54, 1.807) is 0 Å². The average Bonchev–Trinajstić information content (AvgIpc) is 1.96. The zero-order chi connectivity index (χ0) is 10.5. The molecule has 1 amide bonds. The Bertz CT molecular complexity index is 184. The third-order valence-electron chi connectivity index (χ3n) is 0.993. The molecular weight excluding hydrogens is 170 g/mol. The molecule has 0 aliphatic heterocycles. The molecule has 0 fully saturated rings. The van der Waals surface area contributed by atoms with Gasteiger partial charge in [0, 0.05) is 7.05 Å². The number of carbonyl (C=O) groups is 1. The number of hydrogen-bond donors (Lipinski definition) is 0. The first kappa shape index (κ1) is 12.0. The fraction of sp³-hybridized carbons (Fsp3) is 0.667. The summed E-state index contributed by atoms with van der Waals surface area (Å²) in [6.07, 6.45) is 0.984. The molecule has 0 heterocycles. The van der Waals surface area contributed by atoms with Crippen molar-refractivity contribution in [2.24, 2.45) is 0 Å². The van der Waals surface area contributed by atoms with Gasteiger partial charge in [-0.3, -0.25) is 4.84 Å². The smallest absolute Gasteiger partial charge is 0.433 e. The van der Waals surface area contributed by atoms with Crippen LogP contribution >= 0.6 is 0 Å². The van der Waals surface area contributed by atoms with Gasteiger partial charge in [-0.15, -0.1) is 0 Å². The van der Waals surface area contributed by atoms with Crippen molar-refractivity contribution in [1.29, 1.82) is 0 Å². The highest BCUT2D eigenvalue weighted by Gasteiger charge is 2.18. The molecule has 4 nitrogen and oxygen atoms in total. The molecule has 0 saturated heterocycles. The van der Waals surface area contributed by atoms with E-state index in [1.165, 1.54) is 13.1 Å². The molecule has 4 heteroatoms. The lowest BCUT2D eigenvalue weighted by atomic mass is 10.2. The van der Waals surface area contributed by atoms with Gasteiger partial charge < -0.3 is 4.74 Å². The lowest BCUT2D eigenvalue weighted by Crippen LogP contribution is -2.35.